The number of phenols is 1. The lowest BCUT2D eigenvalue weighted by Crippen LogP contribution is -2.53. The van der Waals surface area contributed by atoms with Crippen molar-refractivity contribution in [2.75, 3.05) is 20.2 Å². The number of rotatable bonds is 6. The Morgan fingerprint density at radius 2 is 2.06 bits per heavy atom. The van der Waals surface area contributed by atoms with Gasteiger partial charge in [-0.15, -0.1) is 0 Å². The Kier molecular flexibility index (Phi) is 5.47. The number of aromatic nitrogens is 1. The van der Waals surface area contributed by atoms with Gasteiger partial charge in [-0.05, 0) is 36.2 Å². The Balaban J connectivity index is 1.68. The molecule has 184 valence electrons. The largest absolute Gasteiger partial charge is 0.508 e. The van der Waals surface area contributed by atoms with Crippen LogP contribution in [0.4, 0.5) is 9.18 Å². The number of carbonyl (C=O) groups is 2. The summed E-state index contributed by atoms with van der Waals surface area (Å²) >= 11 is 0. The molecule has 2 atom stereocenters. The van der Waals surface area contributed by atoms with Gasteiger partial charge in [0.05, 0.1) is 7.11 Å². The van der Waals surface area contributed by atoms with E-state index < -0.39 is 17.4 Å². The number of ether oxygens (including phenoxy) is 1. The third-order valence-electron chi connectivity index (χ3n) is 7.01. The molecule has 2 unspecified atom stereocenters. The summed E-state index contributed by atoms with van der Waals surface area (Å²) < 4.78 is 19.7. The van der Waals surface area contributed by atoms with E-state index in [0.29, 0.717) is 23.3 Å². The average Bonchev–Trinajstić information content (AvgIpc) is 3.23. The van der Waals surface area contributed by atoms with E-state index in [4.69, 9.17) is 4.74 Å². The molecule has 9 heteroatoms. The number of hydrogen-bond donors (Lipinski definition) is 3. The lowest BCUT2D eigenvalue weighted by Gasteiger charge is -2.42. The van der Waals surface area contributed by atoms with Crippen molar-refractivity contribution in [1.29, 1.82) is 0 Å². The first-order valence-electron chi connectivity index (χ1n) is 11.7. The van der Waals surface area contributed by atoms with Crippen molar-refractivity contribution in [2.45, 2.75) is 44.8 Å². The van der Waals surface area contributed by atoms with E-state index in [9.17, 15) is 19.1 Å². The minimum Gasteiger partial charge on any atom is -0.508 e. The molecule has 0 saturated carbocycles. The highest BCUT2D eigenvalue weighted by Gasteiger charge is 2.60. The van der Waals surface area contributed by atoms with Crippen LogP contribution in [0.3, 0.4) is 0 Å². The lowest BCUT2D eigenvalue weighted by atomic mass is 9.81. The minimum atomic E-state index is -1.14. The first-order chi connectivity index (χ1) is 16.7. The summed E-state index contributed by atoms with van der Waals surface area (Å²) in [4.78, 5) is 33.7. The van der Waals surface area contributed by atoms with Crippen LogP contribution >= 0.6 is 0 Å². The van der Waals surface area contributed by atoms with Crippen molar-refractivity contribution in [3.63, 3.8) is 0 Å². The SMILES string of the molecule is COc1cc2c3c([nH]c2cc1F)C(c1cccc(O)c1)N1C(=O)N(CCNC(C)C)C(=O)C1(C)C3. The van der Waals surface area contributed by atoms with Gasteiger partial charge in [-0.3, -0.25) is 14.6 Å². The molecular weight excluding hydrogens is 451 g/mol. The number of halogens is 1. The maximum atomic E-state index is 14.5. The molecule has 3 amide bonds. The molecule has 2 aliphatic rings. The molecule has 5 rings (SSSR count). The van der Waals surface area contributed by atoms with Crippen molar-refractivity contribution in [3.8, 4) is 11.5 Å². The zero-order chi connectivity index (χ0) is 25.1. The second kappa shape index (κ2) is 8.27. The van der Waals surface area contributed by atoms with E-state index in [1.165, 1.54) is 18.1 Å². The van der Waals surface area contributed by atoms with Gasteiger partial charge in [0.1, 0.15) is 17.3 Å². The molecule has 3 N–H and O–H groups in total. The Morgan fingerprint density at radius 3 is 2.74 bits per heavy atom. The molecule has 2 aliphatic heterocycles. The summed E-state index contributed by atoms with van der Waals surface area (Å²) in [6.45, 7) is 6.53. The van der Waals surface area contributed by atoms with Crippen LogP contribution in [0.1, 0.15) is 43.6 Å². The number of imide groups is 1. The summed E-state index contributed by atoms with van der Waals surface area (Å²) in [5, 5.41) is 14.2. The van der Waals surface area contributed by atoms with Gasteiger partial charge in [-0.25, -0.2) is 9.18 Å². The quantitative estimate of drug-likeness (QED) is 0.468. The number of phenolic OH excluding ortho intramolecular Hbond substituents is 1. The first-order valence-corrected chi connectivity index (χ1v) is 11.7. The third kappa shape index (κ3) is 3.53. The predicted octanol–water partition coefficient (Wildman–Crippen LogP) is 3.69. The second-order valence-corrected chi connectivity index (χ2v) is 9.72. The van der Waals surface area contributed by atoms with Crippen LogP contribution in [-0.4, -0.2) is 63.6 Å². The van der Waals surface area contributed by atoms with E-state index >= 15 is 0 Å². The Hall–Kier alpha value is -3.59. The van der Waals surface area contributed by atoms with E-state index in [2.05, 4.69) is 10.3 Å². The summed E-state index contributed by atoms with van der Waals surface area (Å²) in [7, 11) is 1.41. The predicted molar refractivity (Wildman–Crippen MR) is 129 cm³/mol. The molecular formula is C26H29FN4O4. The van der Waals surface area contributed by atoms with Gasteiger partial charge in [0.2, 0.25) is 0 Å². The van der Waals surface area contributed by atoms with E-state index in [-0.39, 0.29) is 42.4 Å². The maximum Gasteiger partial charge on any atom is 0.328 e. The normalized spacial score (nSPS) is 21.7. The highest BCUT2D eigenvalue weighted by molar-refractivity contribution is 6.08. The number of nitrogens with one attached hydrogen (secondary N) is 2. The fourth-order valence-electron chi connectivity index (χ4n) is 5.38. The number of nitrogens with zero attached hydrogens (tertiary/aromatic N) is 2. The van der Waals surface area contributed by atoms with Crippen LogP contribution in [-0.2, 0) is 11.2 Å². The Labute approximate surface area is 202 Å². The van der Waals surface area contributed by atoms with Crippen LogP contribution in [0.2, 0.25) is 0 Å². The van der Waals surface area contributed by atoms with Gasteiger partial charge in [0.25, 0.3) is 5.91 Å². The van der Waals surface area contributed by atoms with Crippen LogP contribution in [0.15, 0.2) is 36.4 Å². The van der Waals surface area contributed by atoms with Crippen LogP contribution < -0.4 is 10.1 Å². The summed E-state index contributed by atoms with van der Waals surface area (Å²) in [6.07, 6.45) is 0.269. The van der Waals surface area contributed by atoms with Crippen LogP contribution in [0.25, 0.3) is 10.9 Å². The molecule has 35 heavy (non-hydrogen) atoms. The molecule has 1 fully saturated rings. The van der Waals surface area contributed by atoms with E-state index in [0.717, 1.165) is 10.9 Å². The van der Waals surface area contributed by atoms with Gasteiger partial charge >= 0.3 is 6.03 Å². The smallest absolute Gasteiger partial charge is 0.328 e. The number of methoxy groups -OCH3 is 1. The van der Waals surface area contributed by atoms with Gasteiger partial charge in [0, 0.05) is 48.2 Å². The van der Waals surface area contributed by atoms with Crippen molar-refractivity contribution in [2.24, 2.45) is 0 Å². The number of aromatic amines is 1. The molecule has 3 aromatic rings. The number of H-pyrrole nitrogens is 1. The number of carbonyl (C=O) groups excluding carboxylic acids is 2. The number of hydrogen-bond acceptors (Lipinski definition) is 5. The molecule has 1 saturated heterocycles. The topological polar surface area (TPSA) is 97.9 Å². The van der Waals surface area contributed by atoms with Crippen molar-refractivity contribution < 1.29 is 23.8 Å². The van der Waals surface area contributed by atoms with Gasteiger partial charge in [0.15, 0.2) is 11.6 Å². The zero-order valence-electron chi connectivity index (χ0n) is 20.2. The molecule has 1 aromatic heterocycles. The molecule has 0 bridgehead atoms. The molecule has 2 aromatic carbocycles. The second-order valence-electron chi connectivity index (χ2n) is 9.72. The molecule has 3 heterocycles. The van der Waals surface area contributed by atoms with Crippen LogP contribution in [0.5, 0.6) is 11.5 Å². The molecule has 0 aliphatic carbocycles. The van der Waals surface area contributed by atoms with Crippen molar-refractivity contribution in [3.05, 3.63) is 59.0 Å². The summed E-state index contributed by atoms with van der Waals surface area (Å²) in [5.74, 6) is -0.616. The Bertz CT molecular complexity index is 1340. The fraction of sp³-hybridized carbons (Fsp3) is 0.385. The lowest BCUT2D eigenvalue weighted by molar-refractivity contribution is -0.133. The summed E-state index contributed by atoms with van der Waals surface area (Å²) in [6, 6.07) is 8.83. The minimum absolute atomic E-state index is 0.0520. The van der Waals surface area contributed by atoms with E-state index in [1.54, 1.807) is 36.1 Å². The first kappa shape index (κ1) is 23.2. The maximum absolute atomic E-state index is 14.5. The molecule has 0 spiro atoms. The summed E-state index contributed by atoms with van der Waals surface area (Å²) in [5.41, 5.74) is 1.59. The number of benzene rings is 2. The van der Waals surface area contributed by atoms with Crippen molar-refractivity contribution in [1.82, 2.24) is 20.1 Å². The molecule has 0 radical (unpaired) electrons. The van der Waals surface area contributed by atoms with Gasteiger partial charge in [-0.1, -0.05) is 26.0 Å². The molecule has 8 nitrogen and oxygen atoms in total. The zero-order valence-corrected chi connectivity index (χ0v) is 20.2. The van der Waals surface area contributed by atoms with Crippen LogP contribution in [0, 0.1) is 5.82 Å². The van der Waals surface area contributed by atoms with Gasteiger partial charge < -0.3 is 20.1 Å². The number of aromatic hydroxyl groups is 1. The monoisotopic (exact) mass is 480 g/mol. The average molecular weight is 481 g/mol. The highest BCUT2D eigenvalue weighted by Crippen LogP contribution is 2.49. The highest BCUT2D eigenvalue weighted by atomic mass is 19.1. The van der Waals surface area contributed by atoms with Crippen molar-refractivity contribution >= 4 is 22.8 Å². The number of fused-ring (bicyclic) bond motifs is 4. The Morgan fingerprint density at radius 1 is 1.29 bits per heavy atom. The number of amides is 3. The fourth-order valence-corrected chi connectivity index (χ4v) is 5.38. The third-order valence-corrected chi connectivity index (χ3v) is 7.01. The van der Waals surface area contributed by atoms with Gasteiger partial charge in [-0.2, -0.15) is 0 Å². The number of urea groups is 1. The van der Waals surface area contributed by atoms with E-state index in [1.807, 2.05) is 19.9 Å². The standard InChI is InChI=1S/C26H29FN4O4/c1-14(2)28-8-9-30-24(33)26(3)13-18-17-11-21(35-4)19(27)12-20(17)29-22(18)23(31(26)25(30)34)15-6-5-7-16(32)10-15/h5-7,10-12,14,23,28-29,32H,8-9,13H2,1-4H3.